The van der Waals surface area contributed by atoms with Crippen LogP contribution in [0.5, 0.6) is 0 Å². The Hall–Kier alpha value is -2.18. The van der Waals surface area contributed by atoms with Crippen LogP contribution in [-0.4, -0.2) is 34.9 Å². The van der Waals surface area contributed by atoms with Crippen molar-refractivity contribution in [3.05, 3.63) is 28.2 Å². The van der Waals surface area contributed by atoms with Gasteiger partial charge in [0.1, 0.15) is 0 Å². The quantitative estimate of drug-likeness (QED) is 0.721. The molecule has 0 bridgehead atoms. The van der Waals surface area contributed by atoms with Gasteiger partial charge in [0.15, 0.2) is 5.69 Å². The van der Waals surface area contributed by atoms with Gasteiger partial charge in [-0.15, -0.1) is 0 Å². The molecular formula is C12H16N2O5. The third kappa shape index (κ3) is 3.64. The topological polar surface area (TPSA) is 87.5 Å². The molecule has 0 spiro atoms. The number of methoxy groups -OCH3 is 1. The van der Waals surface area contributed by atoms with Crippen LogP contribution in [0.25, 0.3) is 0 Å². The molecule has 0 unspecified atom stereocenters. The van der Waals surface area contributed by atoms with Gasteiger partial charge >= 0.3 is 11.9 Å². The largest absolute Gasteiger partial charge is 0.466 e. The van der Waals surface area contributed by atoms with Crippen LogP contribution in [-0.2, 0) is 21.3 Å². The van der Waals surface area contributed by atoms with Crippen LogP contribution in [0.3, 0.4) is 0 Å². The van der Waals surface area contributed by atoms with Gasteiger partial charge in [-0.3, -0.25) is 4.79 Å². The Labute approximate surface area is 110 Å². The number of aryl methyl sites for hydroxylation is 1. The van der Waals surface area contributed by atoms with Crippen LogP contribution >= 0.6 is 0 Å². The van der Waals surface area contributed by atoms with Gasteiger partial charge in [-0.2, -0.15) is 5.10 Å². The molecule has 19 heavy (non-hydrogen) atoms. The molecule has 0 fully saturated rings. The number of hydrogen-bond acceptors (Lipinski definition) is 6. The average molecular weight is 268 g/mol. The lowest BCUT2D eigenvalue weighted by Gasteiger charge is -2.18. The number of rotatable bonds is 4. The number of carbonyl (C=O) groups excluding carboxylic acids is 2. The van der Waals surface area contributed by atoms with Crippen molar-refractivity contribution in [2.24, 2.45) is 13.0 Å². The van der Waals surface area contributed by atoms with Crippen molar-refractivity contribution in [2.45, 2.75) is 20.0 Å². The molecule has 0 saturated heterocycles. The molecule has 1 heterocycles. The first-order chi connectivity index (χ1) is 8.86. The highest BCUT2D eigenvalue weighted by Gasteiger charge is 2.28. The molecule has 7 nitrogen and oxygen atoms in total. The fraction of sp³-hybridized carbons (Fsp3) is 0.500. The smallest absolute Gasteiger partial charge is 0.359 e. The van der Waals surface area contributed by atoms with E-state index in [1.807, 2.05) is 0 Å². The molecule has 7 heteroatoms. The normalized spacial score (nSPS) is 12.1. The maximum absolute atomic E-state index is 11.8. The van der Waals surface area contributed by atoms with E-state index in [4.69, 9.17) is 4.74 Å². The molecule has 104 valence electrons. The second-order valence-corrected chi connectivity index (χ2v) is 4.27. The summed E-state index contributed by atoms with van der Waals surface area (Å²) in [7, 11) is 2.63. The van der Waals surface area contributed by atoms with Crippen molar-refractivity contribution >= 4 is 11.9 Å². The van der Waals surface area contributed by atoms with Gasteiger partial charge in [-0.25, -0.2) is 14.3 Å². The molecule has 1 atom stereocenters. The second kappa shape index (κ2) is 6.12. The highest BCUT2D eigenvalue weighted by molar-refractivity contribution is 5.89. The molecule has 0 saturated carbocycles. The van der Waals surface area contributed by atoms with E-state index < -0.39 is 18.0 Å². The molecule has 1 aromatic heterocycles. The Bertz CT molecular complexity index is 535. The van der Waals surface area contributed by atoms with Crippen molar-refractivity contribution in [3.63, 3.8) is 0 Å². The maximum atomic E-state index is 11.8. The van der Waals surface area contributed by atoms with Crippen molar-refractivity contribution in [3.8, 4) is 0 Å². The monoisotopic (exact) mass is 268 g/mol. The summed E-state index contributed by atoms with van der Waals surface area (Å²) in [6.45, 7) is 3.45. The Morgan fingerprint density at radius 2 is 1.95 bits per heavy atom. The zero-order chi connectivity index (χ0) is 14.6. The summed E-state index contributed by atoms with van der Waals surface area (Å²) in [4.78, 5) is 34.5. The molecular weight excluding hydrogens is 252 g/mol. The van der Waals surface area contributed by atoms with E-state index in [2.05, 4.69) is 9.84 Å². The molecule has 0 amide bonds. The van der Waals surface area contributed by atoms with Crippen LogP contribution in [0.1, 0.15) is 24.3 Å². The van der Waals surface area contributed by atoms with Crippen molar-refractivity contribution < 1.29 is 19.1 Å². The highest BCUT2D eigenvalue weighted by Crippen LogP contribution is 2.10. The average Bonchev–Trinajstić information content (AvgIpc) is 2.37. The summed E-state index contributed by atoms with van der Waals surface area (Å²) in [5.74, 6) is -1.64. The van der Waals surface area contributed by atoms with E-state index in [1.54, 1.807) is 13.8 Å². The summed E-state index contributed by atoms with van der Waals surface area (Å²) in [5.41, 5.74) is -0.387. The lowest BCUT2D eigenvalue weighted by molar-refractivity contribution is -0.153. The van der Waals surface area contributed by atoms with Gasteiger partial charge in [0.25, 0.3) is 5.56 Å². The summed E-state index contributed by atoms with van der Waals surface area (Å²) in [6.07, 6.45) is -1.00. The predicted octanol–water partition coefficient (Wildman–Crippen LogP) is 0.135. The van der Waals surface area contributed by atoms with E-state index in [1.165, 1.54) is 26.3 Å². The number of ether oxygens (including phenoxy) is 2. The van der Waals surface area contributed by atoms with Crippen molar-refractivity contribution in [1.82, 2.24) is 9.78 Å². The fourth-order valence-corrected chi connectivity index (χ4v) is 1.36. The third-order valence-corrected chi connectivity index (χ3v) is 2.44. The van der Waals surface area contributed by atoms with E-state index in [0.29, 0.717) is 0 Å². The van der Waals surface area contributed by atoms with E-state index in [-0.39, 0.29) is 17.2 Å². The maximum Gasteiger partial charge on any atom is 0.359 e. The molecule has 0 aromatic carbocycles. The lowest BCUT2D eigenvalue weighted by Crippen LogP contribution is -2.34. The first-order valence-corrected chi connectivity index (χ1v) is 5.70. The zero-order valence-corrected chi connectivity index (χ0v) is 11.2. The van der Waals surface area contributed by atoms with Gasteiger partial charge < -0.3 is 9.47 Å². The van der Waals surface area contributed by atoms with Crippen LogP contribution < -0.4 is 5.56 Å². The van der Waals surface area contributed by atoms with Gasteiger partial charge in [-0.05, 0) is 6.07 Å². The van der Waals surface area contributed by atoms with Crippen LogP contribution in [0.2, 0.25) is 0 Å². The Kier molecular flexibility index (Phi) is 4.80. The Morgan fingerprint density at radius 1 is 1.32 bits per heavy atom. The Morgan fingerprint density at radius 3 is 2.42 bits per heavy atom. The second-order valence-electron chi connectivity index (χ2n) is 4.27. The van der Waals surface area contributed by atoms with Crippen molar-refractivity contribution in [2.75, 3.05) is 7.11 Å². The predicted molar refractivity (Wildman–Crippen MR) is 65.5 cm³/mol. The minimum atomic E-state index is -1.00. The first-order valence-electron chi connectivity index (χ1n) is 5.70. The molecule has 1 aromatic rings. The molecule has 0 aliphatic carbocycles. The molecule has 0 aliphatic heterocycles. The van der Waals surface area contributed by atoms with Gasteiger partial charge in [0, 0.05) is 19.0 Å². The SMILES string of the molecule is COC(=O)[C@H](OC(=O)c1ccc(=O)n(C)n1)C(C)C. The molecule has 0 radical (unpaired) electrons. The summed E-state index contributed by atoms with van der Waals surface area (Å²) < 4.78 is 10.6. The van der Waals surface area contributed by atoms with Gasteiger partial charge in [0.2, 0.25) is 6.10 Å². The zero-order valence-electron chi connectivity index (χ0n) is 11.2. The van der Waals surface area contributed by atoms with Crippen LogP contribution in [0, 0.1) is 5.92 Å². The fourth-order valence-electron chi connectivity index (χ4n) is 1.36. The molecule has 0 N–H and O–H groups in total. The van der Waals surface area contributed by atoms with E-state index in [0.717, 1.165) is 4.68 Å². The summed E-state index contributed by atoms with van der Waals surface area (Å²) >= 11 is 0. The van der Waals surface area contributed by atoms with E-state index in [9.17, 15) is 14.4 Å². The van der Waals surface area contributed by atoms with Gasteiger partial charge in [-0.1, -0.05) is 13.8 Å². The summed E-state index contributed by atoms with van der Waals surface area (Å²) in [5, 5.41) is 3.75. The van der Waals surface area contributed by atoms with Crippen LogP contribution in [0.15, 0.2) is 16.9 Å². The Balaban J connectivity index is 2.90. The number of nitrogens with zero attached hydrogens (tertiary/aromatic N) is 2. The standard InChI is InChI=1S/C12H16N2O5/c1-7(2)10(12(17)18-4)19-11(16)8-5-6-9(15)14(3)13-8/h5-7,10H,1-4H3/t10-/m1/s1. The summed E-state index contributed by atoms with van der Waals surface area (Å²) in [6, 6.07) is 2.45. The third-order valence-electron chi connectivity index (χ3n) is 2.44. The number of hydrogen-bond donors (Lipinski definition) is 0. The first kappa shape index (κ1) is 14.9. The molecule has 0 aliphatic rings. The minimum absolute atomic E-state index is 0.0448. The number of carbonyl (C=O) groups is 2. The number of esters is 2. The highest BCUT2D eigenvalue weighted by atomic mass is 16.6. The van der Waals surface area contributed by atoms with Crippen molar-refractivity contribution in [1.29, 1.82) is 0 Å². The number of aromatic nitrogens is 2. The lowest BCUT2D eigenvalue weighted by atomic mass is 10.1. The van der Waals surface area contributed by atoms with E-state index >= 15 is 0 Å². The van der Waals surface area contributed by atoms with Crippen LogP contribution in [0.4, 0.5) is 0 Å². The minimum Gasteiger partial charge on any atom is -0.466 e. The van der Waals surface area contributed by atoms with Gasteiger partial charge in [0.05, 0.1) is 7.11 Å². The molecule has 1 rings (SSSR count).